The molecule has 2 aliphatic heterocycles. The Morgan fingerprint density at radius 1 is 1.11 bits per heavy atom. The van der Waals surface area contributed by atoms with E-state index in [0.29, 0.717) is 12.0 Å². The van der Waals surface area contributed by atoms with Crippen LogP contribution in [-0.4, -0.2) is 56.8 Å². The minimum Gasteiger partial charge on any atom is -0.465 e. The van der Waals surface area contributed by atoms with Gasteiger partial charge < -0.3 is 14.6 Å². The summed E-state index contributed by atoms with van der Waals surface area (Å²) in [6, 6.07) is 15.7. The molecule has 2 fully saturated rings. The average Bonchev–Trinajstić information content (AvgIpc) is 3.37. The summed E-state index contributed by atoms with van der Waals surface area (Å²) in [6.07, 6.45) is 0. The molecule has 1 aromatic carbocycles. The predicted molar refractivity (Wildman–Crippen MR) is 113 cm³/mol. The number of aryl methyl sites for hydroxylation is 1. The second-order valence-corrected chi connectivity index (χ2v) is 8.08. The summed E-state index contributed by atoms with van der Waals surface area (Å²) in [6.45, 7) is 11.8. The van der Waals surface area contributed by atoms with Gasteiger partial charge in [0.2, 0.25) is 0 Å². The van der Waals surface area contributed by atoms with Crippen molar-refractivity contribution >= 4 is 5.69 Å². The Bertz CT molecular complexity index is 726. The van der Waals surface area contributed by atoms with Crippen molar-refractivity contribution in [2.24, 2.45) is 5.92 Å². The highest BCUT2D eigenvalue weighted by Crippen LogP contribution is 2.26. The number of furan rings is 1. The Morgan fingerprint density at radius 3 is 2.61 bits per heavy atom. The zero-order valence-electron chi connectivity index (χ0n) is 17.0. The smallest absolute Gasteiger partial charge is 0.122 e. The molecule has 152 valence electrons. The summed E-state index contributed by atoms with van der Waals surface area (Å²) in [5, 5.41) is 3.70. The van der Waals surface area contributed by atoms with Gasteiger partial charge in [0.25, 0.3) is 0 Å². The first kappa shape index (κ1) is 19.5. The van der Waals surface area contributed by atoms with E-state index >= 15 is 0 Å². The molecule has 3 heterocycles. The highest BCUT2D eigenvalue weighted by molar-refractivity contribution is 5.46. The maximum Gasteiger partial charge on any atom is 0.122 e. The molecule has 0 spiro atoms. The molecule has 0 saturated carbocycles. The van der Waals surface area contributed by atoms with Gasteiger partial charge in [-0.15, -0.1) is 0 Å². The molecule has 4 rings (SSSR count). The Balaban J connectivity index is 1.20. The van der Waals surface area contributed by atoms with Crippen molar-refractivity contribution in [1.29, 1.82) is 0 Å². The van der Waals surface area contributed by atoms with Gasteiger partial charge in [-0.05, 0) is 38.1 Å². The zero-order valence-corrected chi connectivity index (χ0v) is 17.0. The van der Waals surface area contributed by atoms with Gasteiger partial charge in [0, 0.05) is 63.5 Å². The highest BCUT2D eigenvalue weighted by Gasteiger charge is 2.30. The second-order valence-electron chi connectivity index (χ2n) is 8.08. The lowest BCUT2D eigenvalue weighted by atomic mass is 10.00. The monoisotopic (exact) mass is 383 g/mol. The predicted octanol–water partition coefficient (Wildman–Crippen LogP) is 2.15. The molecule has 3 N–H and O–H groups in total. The molecule has 2 saturated heterocycles. The van der Waals surface area contributed by atoms with Crippen molar-refractivity contribution in [3.8, 4) is 0 Å². The van der Waals surface area contributed by atoms with E-state index < -0.39 is 0 Å². The number of piperazine rings is 1. The van der Waals surface area contributed by atoms with Crippen LogP contribution in [0.5, 0.6) is 0 Å². The Labute approximate surface area is 168 Å². The molecule has 28 heavy (non-hydrogen) atoms. The lowest BCUT2D eigenvalue weighted by molar-refractivity contribution is 0.191. The lowest BCUT2D eigenvalue weighted by Gasteiger charge is -2.39. The molecule has 3 unspecified atom stereocenters. The van der Waals surface area contributed by atoms with Crippen LogP contribution in [0, 0.1) is 12.8 Å². The Kier molecular flexibility index (Phi) is 6.32. The molecule has 6 nitrogen and oxygen atoms in total. The third-order valence-corrected chi connectivity index (χ3v) is 6.07. The topological polar surface area (TPSA) is 55.7 Å². The third-order valence-electron chi connectivity index (χ3n) is 6.07. The van der Waals surface area contributed by atoms with E-state index in [1.165, 1.54) is 5.69 Å². The minimum atomic E-state index is 0.242. The van der Waals surface area contributed by atoms with E-state index in [9.17, 15) is 0 Å². The first-order valence-electron chi connectivity index (χ1n) is 10.5. The van der Waals surface area contributed by atoms with Crippen molar-refractivity contribution in [2.75, 3.05) is 50.7 Å². The summed E-state index contributed by atoms with van der Waals surface area (Å²) in [4.78, 5) is 5.09. The van der Waals surface area contributed by atoms with Gasteiger partial charge in [0.15, 0.2) is 0 Å². The van der Waals surface area contributed by atoms with Crippen LogP contribution in [0.3, 0.4) is 0 Å². The van der Waals surface area contributed by atoms with E-state index in [-0.39, 0.29) is 6.04 Å². The fourth-order valence-corrected chi connectivity index (χ4v) is 4.32. The molecule has 0 bridgehead atoms. The lowest BCUT2D eigenvalue weighted by Crippen LogP contribution is -2.52. The summed E-state index contributed by atoms with van der Waals surface area (Å²) < 4.78 is 5.82. The van der Waals surface area contributed by atoms with Crippen LogP contribution >= 0.6 is 0 Å². The molecular weight excluding hydrogens is 350 g/mol. The normalized spacial score (nSPS) is 24.6. The summed E-state index contributed by atoms with van der Waals surface area (Å²) in [5.41, 5.74) is 7.99. The number of para-hydroxylation sites is 1. The summed E-state index contributed by atoms with van der Waals surface area (Å²) in [5.74, 6) is 2.49. The average molecular weight is 384 g/mol. The highest BCUT2D eigenvalue weighted by atomic mass is 16.3. The summed E-state index contributed by atoms with van der Waals surface area (Å²) in [7, 11) is 0. The molecule has 0 aliphatic carbocycles. The van der Waals surface area contributed by atoms with Gasteiger partial charge in [-0.25, -0.2) is 5.43 Å². The number of nitrogens with zero attached hydrogens (tertiary/aromatic N) is 2. The number of nitrogens with one attached hydrogen (secondary N) is 3. The number of hydrazine groups is 1. The van der Waals surface area contributed by atoms with E-state index in [1.54, 1.807) is 0 Å². The van der Waals surface area contributed by atoms with Crippen molar-refractivity contribution in [1.82, 2.24) is 21.1 Å². The number of hydrogen-bond acceptors (Lipinski definition) is 6. The van der Waals surface area contributed by atoms with Gasteiger partial charge in [-0.2, -0.15) is 0 Å². The molecule has 2 aliphatic rings. The first-order chi connectivity index (χ1) is 13.7. The van der Waals surface area contributed by atoms with Crippen molar-refractivity contribution < 1.29 is 4.42 Å². The van der Waals surface area contributed by atoms with Gasteiger partial charge in [0.1, 0.15) is 11.5 Å². The van der Waals surface area contributed by atoms with Crippen molar-refractivity contribution in [2.45, 2.75) is 25.9 Å². The first-order valence-corrected chi connectivity index (χ1v) is 10.5. The standard InChI is InChI=1S/C22H33N5O/c1-17(26-10-12-27(13-11-26)20-6-4-3-5-7-20)14-23-15-19-16-24-25-22(19)21-9-8-18(2)28-21/h3-9,17,19,22-25H,10-16H2,1-2H3. The maximum atomic E-state index is 5.82. The largest absolute Gasteiger partial charge is 0.465 e. The van der Waals surface area contributed by atoms with Crippen LogP contribution in [0.4, 0.5) is 5.69 Å². The van der Waals surface area contributed by atoms with E-state index in [1.807, 2.05) is 13.0 Å². The molecule has 0 radical (unpaired) electrons. The molecule has 2 aromatic rings. The fraction of sp³-hybridized carbons (Fsp3) is 0.545. The Hall–Kier alpha value is -1.86. The molecule has 3 atom stereocenters. The maximum absolute atomic E-state index is 5.82. The van der Waals surface area contributed by atoms with Crippen molar-refractivity contribution in [3.05, 3.63) is 54.0 Å². The summed E-state index contributed by atoms with van der Waals surface area (Å²) >= 11 is 0. The number of benzene rings is 1. The van der Waals surface area contributed by atoms with Crippen LogP contribution in [-0.2, 0) is 0 Å². The number of rotatable bonds is 7. The quantitative estimate of drug-likeness (QED) is 0.681. The Morgan fingerprint density at radius 2 is 1.89 bits per heavy atom. The van der Waals surface area contributed by atoms with E-state index in [0.717, 1.165) is 57.3 Å². The molecule has 6 heteroatoms. The van der Waals surface area contributed by atoms with Gasteiger partial charge in [-0.1, -0.05) is 18.2 Å². The molecule has 0 amide bonds. The van der Waals surface area contributed by atoms with E-state index in [4.69, 9.17) is 4.42 Å². The molecule has 1 aromatic heterocycles. The third kappa shape index (κ3) is 4.58. The van der Waals surface area contributed by atoms with E-state index in [2.05, 4.69) is 69.3 Å². The second kappa shape index (κ2) is 9.09. The van der Waals surface area contributed by atoms with Crippen LogP contribution < -0.4 is 21.1 Å². The minimum absolute atomic E-state index is 0.242. The SMILES string of the molecule is Cc1ccc(C2NNCC2CNCC(C)N2CCN(c3ccccc3)CC2)o1. The zero-order chi connectivity index (χ0) is 19.3. The molecular formula is C22H33N5O. The van der Waals surface area contributed by atoms with Crippen LogP contribution in [0.2, 0.25) is 0 Å². The fourth-order valence-electron chi connectivity index (χ4n) is 4.32. The van der Waals surface area contributed by atoms with Crippen LogP contribution in [0.15, 0.2) is 46.9 Å². The number of anilines is 1. The van der Waals surface area contributed by atoms with Gasteiger partial charge >= 0.3 is 0 Å². The van der Waals surface area contributed by atoms with Crippen LogP contribution in [0.1, 0.15) is 24.5 Å². The van der Waals surface area contributed by atoms with Gasteiger partial charge in [-0.3, -0.25) is 10.3 Å². The van der Waals surface area contributed by atoms with Gasteiger partial charge in [0.05, 0.1) is 6.04 Å². The van der Waals surface area contributed by atoms with Crippen LogP contribution in [0.25, 0.3) is 0 Å². The number of hydrogen-bond donors (Lipinski definition) is 3. The van der Waals surface area contributed by atoms with Crippen molar-refractivity contribution in [3.63, 3.8) is 0 Å².